The van der Waals surface area contributed by atoms with Crippen LogP contribution in [0.1, 0.15) is 68.9 Å². The van der Waals surface area contributed by atoms with Gasteiger partial charge in [-0.25, -0.2) is 4.99 Å². The SMILES string of the molecule is Cc1ccc(C)c(NC(=O)c2c(N=Cc3c(C)[nH]c4ccccc34)sc3c2CCCCCC3)c1. The topological polar surface area (TPSA) is 57.2 Å². The molecular formula is C29H31N3OS. The highest BCUT2D eigenvalue weighted by Gasteiger charge is 2.24. The zero-order valence-electron chi connectivity index (χ0n) is 20.1. The molecule has 2 aromatic heterocycles. The number of para-hydroxylation sites is 1. The van der Waals surface area contributed by atoms with Gasteiger partial charge in [0.25, 0.3) is 5.91 Å². The lowest BCUT2D eigenvalue weighted by atomic mass is 9.96. The van der Waals surface area contributed by atoms with E-state index in [0.717, 1.165) is 68.8 Å². The van der Waals surface area contributed by atoms with Crippen molar-refractivity contribution < 1.29 is 4.79 Å². The van der Waals surface area contributed by atoms with Gasteiger partial charge in [-0.3, -0.25) is 4.79 Å². The molecule has 0 atom stereocenters. The number of H-pyrrole nitrogens is 1. The van der Waals surface area contributed by atoms with E-state index in [1.54, 1.807) is 11.3 Å². The average Bonchev–Trinajstić information content (AvgIpc) is 3.30. The van der Waals surface area contributed by atoms with Gasteiger partial charge in [-0.2, -0.15) is 0 Å². The fourth-order valence-corrected chi connectivity index (χ4v) is 6.10. The maximum absolute atomic E-state index is 13.7. The molecule has 5 heteroatoms. The molecule has 174 valence electrons. The number of benzene rings is 2. The standard InChI is InChI=1S/C29H31N3OS/c1-18-14-15-19(2)25(16-18)32-28(33)27-22-11-6-4-5-7-13-26(22)34-29(27)30-17-23-20(3)31-24-12-9-8-10-21(23)24/h8-10,12,14-17,31H,4-7,11,13H2,1-3H3,(H,32,33). The highest BCUT2D eigenvalue weighted by molar-refractivity contribution is 7.16. The Morgan fingerprint density at radius 3 is 2.68 bits per heavy atom. The van der Waals surface area contributed by atoms with Crippen molar-refractivity contribution in [2.75, 3.05) is 5.32 Å². The van der Waals surface area contributed by atoms with Crippen LogP contribution in [-0.4, -0.2) is 17.1 Å². The number of nitrogens with zero attached hydrogens (tertiary/aromatic N) is 1. The summed E-state index contributed by atoms with van der Waals surface area (Å²) in [5.41, 5.74) is 8.31. The van der Waals surface area contributed by atoms with E-state index in [1.165, 1.54) is 29.7 Å². The number of nitrogens with one attached hydrogen (secondary N) is 2. The summed E-state index contributed by atoms with van der Waals surface area (Å²) in [6, 6.07) is 14.5. The zero-order chi connectivity index (χ0) is 23.7. The van der Waals surface area contributed by atoms with Gasteiger partial charge < -0.3 is 10.3 Å². The molecule has 4 aromatic rings. The summed E-state index contributed by atoms with van der Waals surface area (Å²) in [5, 5.41) is 5.17. The lowest BCUT2D eigenvalue weighted by Gasteiger charge is -2.13. The van der Waals surface area contributed by atoms with Crippen LogP contribution < -0.4 is 5.32 Å². The number of carbonyl (C=O) groups is 1. The fraction of sp³-hybridized carbons (Fsp3) is 0.310. The molecule has 34 heavy (non-hydrogen) atoms. The third-order valence-corrected chi connectivity index (χ3v) is 7.98. The molecule has 5 rings (SSSR count). The van der Waals surface area contributed by atoms with Crippen LogP contribution in [0.15, 0.2) is 47.5 Å². The second kappa shape index (κ2) is 9.59. The van der Waals surface area contributed by atoms with Gasteiger partial charge in [0.1, 0.15) is 5.00 Å². The van der Waals surface area contributed by atoms with Crippen LogP contribution in [0.5, 0.6) is 0 Å². The van der Waals surface area contributed by atoms with Crippen LogP contribution in [0.3, 0.4) is 0 Å². The van der Waals surface area contributed by atoms with Crippen molar-refractivity contribution in [3.63, 3.8) is 0 Å². The molecule has 2 heterocycles. The smallest absolute Gasteiger partial charge is 0.259 e. The van der Waals surface area contributed by atoms with Crippen LogP contribution >= 0.6 is 11.3 Å². The van der Waals surface area contributed by atoms with Crippen molar-refractivity contribution in [3.05, 3.63) is 80.9 Å². The minimum absolute atomic E-state index is 0.0467. The maximum Gasteiger partial charge on any atom is 0.259 e. The Labute approximate surface area is 205 Å². The number of aryl methyl sites for hydroxylation is 4. The molecule has 0 fully saturated rings. The lowest BCUT2D eigenvalue weighted by molar-refractivity contribution is 0.102. The molecule has 0 spiro atoms. The molecule has 0 saturated heterocycles. The van der Waals surface area contributed by atoms with Gasteiger partial charge in [0.15, 0.2) is 0 Å². The van der Waals surface area contributed by atoms with Crippen LogP contribution in [0.25, 0.3) is 10.9 Å². The number of thiophene rings is 1. The number of hydrogen-bond acceptors (Lipinski definition) is 3. The quantitative estimate of drug-likeness (QED) is 0.294. The van der Waals surface area contributed by atoms with Crippen LogP contribution in [0, 0.1) is 20.8 Å². The fourth-order valence-electron chi connectivity index (χ4n) is 4.87. The van der Waals surface area contributed by atoms with E-state index < -0.39 is 0 Å². The number of rotatable bonds is 4. The summed E-state index contributed by atoms with van der Waals surface area (Å²) in [5.74, 6) is -0.0467. The Bertz CT molecular complexity index is 1390. The van der Waals surface area contributed by atoms with E-state index in [2.05, 4.69) is 48.4 Å². The van der Waals surface area contributed by atoms with Crippen molar-refractivity contribution in [2.24, 2.45) is 4.99 Å². The number of anilines is 1. The molecule has 0 unspecified atom stereocenters. The molecule has 1 aliphatic carbocycles. The maximum atomic E-state index is 13.7. The van der Waals surface area contributed by atoms with Gasteiger partial charge in [0.2, 0.25) is 0 Å². The third kappa shape index (κ3) is 4.45. The summed E-state index contributed by atoms with van der Waals surface area (Å²) in [6.07, 6.45) is 8.69. The molecular weight excluding hydrogens is 438 g/mol. The third-order valence-electron chi connectivity index (χ3n) is 6.78. The molecule has 1 amide bonds. The number of fused-ring (bicyclic) bond motifs is 2. The molecule has 2 N–H and O–H groups in total. The van der Waals surface area contributed by atoms with Crippen molar-refractivity contribution in [3.8, 4) is 0 Å². The zero-order valence-corrected chi connectivity index (χ0v) is 20.9. The van der Waals surface area contributed by atoms with Gasteiger partial charge in [-0.15, -0.1) is 11.3 Å². The van der Waals surface area contributed by atoms with E-state index in [1.807, 2.05) is 31.3 Å². The average molecular weight is 470 g/mol. The second-order valence-electron chi connectivity index (χ2n) is 9.34. The Morgan fingerprint density at radius 2 is 1.82 bits per heavy atom. The summed E-state index contributed by atoms with van der Waals surface area (Å²) in [6.45, 7) is 6.16. The predicted molar refractivity (Wildman–Crippen MR) is 144 cm³/mol. The van der Waals surface area contributed by atoms with Gasteiger partial charge >= 0.3 is 0 Å². The number of hydrogen-bond donors (Lipinski definition) is 2. The van der Waals surface area contributed by atoms with Gasteiger partial charge in [0, 0.05) is 38.9 Å². The lowest BCUT2D eigenvalue weighted by Crippen LogP contribution is -2.15. The van der Waals surface area contributed by atoms with E-state index in [0.29, 0.717) is 0 Å². The van der Waals surface area contributed by atoms with E-state index in [4.69, 9.17) is 4.99 Å². The minimum Gasteiger partial charge on any atom is -0.358 e. The first-order chi connectivity index (χ1) is 16.5. The Balaban J connectivity index is 1.57. The van der Waals surface area contributed by atoms with E-state index in [9.17, 15) is 4.79 Å². The van der Waals surface area contributed by atoms with Crippen LogP contribution in [0.2, 0.25) is 0 Å². The first-order valence-electron chi connectivity index (χ1n) is 12.2. The summed E-state index contributed by atoms with van der Waals surface area (Å²) in [4.78, 5) is 23.4. The van der Waals surface area contributed by atoms with E-state index >= 15 is 0 Å². The Morgan fingerprint density at radius 1 is 1.03 bits per heavy atom. The molecule has 0 aliphatic heterocycles. The Kier molecular flexibility index (Phi) is 6.38. The molecule has 1 aliphatic rings. The van der Waals surface area contributed by atoms with Crippen molar-refractivity contribution >= 4 is 45.0 Å². The van der Waals surface area contributed by atoms with Crippen molar-refractivity contribution in [2.45, 2.75) is 59.3 Å². The number of carbonyl (C=O) groups excluding carboxylic acids is 1. The highest BCUT2D eigenvalue weighted by atomic mass is 32.1. The highest BCUT2D eigenvalue weighted by Crippen LogP contribution is 2.39. The first-order valence-corrected chi connectivity index (χ1v) is 13.0. The van der Waals surface area contributed by atoms with Crippen molar-refractivity contribution in [1.29, 1.82) is 0 Å². The number of amides is 1. The Hall–Kier alpha value is -3.18. The summed E-state index contributed by atoms with van der Waals surface area (Å²) in [7, 11) is 0. The van der Waals surface area contributed by atoms with Gasteiger partial charge in [0.05, 0.1) is 5.56 Å². The number of aliphatic imine (C=N–C) groups is 1. The van der Waals surface area contributed by atoms with Gasteiger partial charge in [-0.1, -0.05) is 43.2 Å². The molecule has 0 bridgehead atoms. The van der Waals surface area contributed by atoms with E-state index in [-0.39, 0.29) is 5.91 Å². The predicted octanol–water partition coefficient (Wildman–Crippen LogP) is 7.82. The van der Waals surface area contributed by atoms with Crippen LogP contribution in [-0.2, 0) is 12.8 Å². The normalized spacial score (nSPS) is 14.2. The van der Waals surface area contributed by atoms with Crippen LogP contribution in [0.4, 0.5) is 10.7 Å². The molecule has 2 aromatic carbocycles. The molecule has 0 radical (unpaired) electrons. The monoisotopic (exact) mass is 469 g/mol. The summed E-state index contributed by atoms with van der Waals surface area (Å²) < 4.78 is 0. The first kappa shape index (κ1) is 22.6. The number of aromatic nitrogens is 1. The number of aromatic amines is 1. The second-order valence-corrected chi connectivity index (χ2v) is 10.4. The molecule has 0 saturated carbocycles. The van der Waals surface area contributed by atoms with Crippen molar-refractivity contribution in [1.82, 2.24) is 4.98 Å². The minimum atomic E-state index is -0.0467. The summed E-state index contributed by atoms with van der Waals surface area (Å²) >= 11 is 1.69. The van der Waals surface area contributed by atoms with Gasteiger partial charge in [-0.05, 0) is 75.3 Å². The largest absolute Gasteiger partial charge is 0.358 e. The molecule has 4 nitrogen and oxygen atoms in total.